The van der Waals surface area contributed by atoms with E-state index in [1.807, 2.05) is 6.07 Å². The van der Waals surface area contributed by atoms with E-state index in [0.717, 1.165) is 22.2 Å². The summed E-state index contributed by atoms with van der Waals surface area (Å²) >= 11 is 4.55. The Morgan fingerprint density at radius 1 is 1.25 bits per heavy atom. The van der Waals surface area contributed by atoms with Crippen molar-refractivity contribution in [3.8, 4) is 5.75 Å². The molecule has 20 heavy (non-hydrogen) atoms. The number of nitrogens with zero attached hydrogens (tertiary/aromatic N) is 2. The van der Waals surface area contributed by atoms with Crippen molar-refractivity contribution in [1.82, 2.24) is 9.80 Å². The van der Waals surface area contributed by atoms with Gasteiger partial charge in [-0.3, -0.25) is 9.80 Å². The summed E-state index contributed by atoms with van der Waals surface area (Å²) < 4.78 is 2.16. The van der Waals surface area contributed by atoms with Gasteiger partial charge in [0, 0.05) is 40.9 Å². The Hall–Kier alpha value is 0.400. The highest BCUT2D eigenvalue weighted by Gasteiger charge is 2.36. The zero-order valence-corrected chi connectivity index (χ0v) is 16.0. The van der Waals surface area contributed by atoms with Gasteiger partial charge in [-0.1, -0.05) is 0 Å². The zero-order valence-electron chi connectivity index (χ0n) is 11.6. The number of hydrogen-bond acceptors (Lipinski definition) is 3. The maximum Gasteiger partial charge on any atom is 0.133 e. The molecule has 2 fully saturated rings. The van der Waals surface area contributed by atoms with Crippen LogP contribution in [0.1, 0.15) is 25.3 Å². The van der Waals surface area contributed by atoms with Crippen LogP contribution in [-0.2, 0) is 6.54 Å². The molecule has 0 spiro atoms. The normalized spacial score (nSPS) is 27.8. The molecule has 1 aromatic carbocycles. The maximum atomic E-state index is 10.3. The minimum atomic E-state index is 0.465. The Balaban J connectivity index is 1.78. The number of fused-ring (bicyclic) bond motifs is 1. The molecule has 2 aliphatic rings. The molecule has 110 valence electrons. The fourth-order valence-corrected chi connectivity index (χ4v) is 5.53. The molecule has 2 aliphatic heterocycles. The first kappa shape index (κ1) is 15.3. The van der Waals surface area contributed by atoms with Crippen LogP contribution in [0.3, 0.4) is 0 Å². The van der Waals surface area contributed by atoms with Crippen molar-refractivity contribution < 1.29 is 5.11 Å². The summed E-state index contributed by atoms with van der Waals surface area (Å²) in [5.74, 6) is 0.465. The number of halogens is 2. The first-order chi connectivity index (χ1) is 9.56. The monoisotopic (exact) mass is 498 g/mol. The van der Waals surface area contributed by atoms with Gasteiger partial charge >= 0.3 is 0 Å². The summed E-state index contributed by atoms with van der Waals surface area (Å²) in [6.45, 7) is 6.77. The Morgan fingerprint density at radius 3 is 2.85 bits per heavy atom. The lowest BCUT2D eigenvalue weighted by Gasteiger charge is -2.43. The molecule has 0 saturated carbocycles. The van der Waals surface area contributed by atoms with Crippen LogP contribution in [0.5, 0.6) is 5.75 Å². The van der Waals surface area contributed by atoms with E-state index < -0.39 is 0 Å². The van der Waals surface area contributed by atoms with E-state index in [9.17, 15) is 5.11 Å². The van der Waals surface area contributed by atoms with E-state index in [-0.39, 0.29) is 0 Å². The summed E-state index contributed by atoms with van der Waals surface area (Å²) in [7, 11) is 0. The summed E-state index contributed by atoms with van der Waals surface area (Å²) in [6, 6.07) is 5.44. The Bertz CT molecular complexity index is 509. The molecule has 1 N–H and O–H groups in total. The first-order valence-electron chi connectivity index (χ1n) is 7.21. The maximum absolute atomic E-state index is 10.3. The van der Waals surface area contributed by atoms with Crippen LogP contribution in [0.25, 0.3) is 0 Å². The second kappa shape index (κ2) is 6.26. The van der Waals surface area contributed by atoms with Crippen molar-refractivity contribution in [3.63, 3.8) is 0 Å². The van der Waals surface area contributed by atoms with Crippen LogP contribution in [0.4, 0.5) is 0 Å². The van der Waals surface area contributed by atoms with E-state index >= 15 is 0 Å². The minimum Gasteiger partial charge on any atom is -0.507 e. The Kier molecular flexibility index (Phi) is 4.79. The van der Waals surface area contributed by atoms with Crippen molar-refractivity contribution in [3.05, 3.63) is 24.8 Å². The van der Waals surface area contributed by atoms with Gasteiger partial charge in [-0.15, -0.1) is 0 Å². The van der Waals surface area contributed by atoms with Gasteiger partial charge in [0.25, 0.3) is 0 Å². The zero-order chi connectivity index (χ0) is 14.3. The highest BCUT2D eigenvalue weighted by molar-refractivity contribution is 14.1. The van der Waals surface area contributed by atoms with Crippen LogP contribution in [0.15, 0.2) is 12.1 Å². The highest BCUT2D eigenvalue weighted by Crippen LogP contribution is 2.31. The highest BCUT2D eigenvalue weighted by atomic mass is 127. The molecule has 2 heterocycles. The smallest absolute Gasteiger partial charge is 0.133 e. The van der Waals surface area contributed by atoms with Crippen molar-refractivity contribution in [2.24, 2.45) is 0 Å². The number of benzene rings is 1. The third-order valence-corrected chi connectivity index (χ3v) is 6.15. The lowest BCUT2D eigenvalue weighted by atomic mass is 10.0. The molecule has 5 heteroatoms. The van der Waals surface area contributed by atoms with Crippen molar-refractivity contribution >= 4 is 45.2 Å². The summed E-state index contributed by atoms with van der Waals surface area (Å²) in [6.07, 6.45) is 2.67. The molecule has 2 saturated heterocycles. The predicted octanol–water partition coefficient (Wildman–Crippen LogP) is 3.27. The lowest BCUT2D eigenvalue weighted by molar-refractivity contribution is 0.0465. The minimum absolute atomic E-state index is 0.465. The summed E-state index contributed by atoms with van der Waals surface area (Å²) in [5.41, 5.74) is 1.07. The second-order valence-corrected chi connectivity index (χ2v) is 8.26. The second-order valence-electron chi connectivity index (χ2n) is 5.85. The van der Waals surface area contributed by atoms with Gasteiger partial charge in [0.15, 0.2) is 0 Å². The Labute approximate surface area is 148 Å². The SMILES string of the molecule is C[C@H]1[C@@H]2CCCN2CCN1Cc1cc(I)cc(I)c1O. The molecule has 0 unspecified atom stereocenters. The number of piperazine rings is 1. The van der Waals surface area contributed by atoms with Crippen LogP contribution < -0.4 is 0 Å². The number of hydrogen-bond donors (Lipinski definition) is 1. The third-order valence-electron chi connectivity index (χ3n) is 4.70. The molecule has 0 amide bonds. The summed E-state index contributed by atoms with van der Waals surface area (Å²) in [5, 5.41) is 10.3. The lowest BCUT2D eigenvalue weighted by Crippen LogP contribution is -2.55. The molecule has 3 nitrogen and oxygen atoms in total. The fraction of sp³-hybridized carbons (Fsp3) is 0.600. The van der Waals surface area contributed by atoms with E-state index in [2.05, 4.69) is 68.0 Å². The van der Waals surface area contributed by atoms with Gasteiger partial charge in [-0.25, -0.2) is 0 Å². The number of phenols is 1. The topological polar surface area (TPSA) is 26.7 Å². The van der Waals surface area contributed by atoms with Crippen molar-refractivity contribution in [2.45, 2.75) is 38.4 Å². The van der Waals surface area contributed by atoms with Gasteiger partial charge in [-0.05, 0) is 83.6 Å². The molecule has 0 bridgehead atoms. The molecule has 2 atom stereocenters. The third kappa shape index (κ3) is 2.96. The quantitative estimate of drug-likeness (QED) is 0.635. The number of rotatable bonds is 2. The van der Waals surface area contributed by atoms with E-state index in [1.165, 1.54) is 29.5 Å². The molecule has 0 aliphatic carbocycles. The average Bonchev–Trinajstić information content (AvgIpc) is 2.87. The fourth-order valence-electron chi connectivity index (χ4n) is 3.56. The van der Waals surface area contributed by atoms with Gasteiger partial charge in [0.1, 0.15) is 5.75 Å². The molecule has 0 aromatic heterocycles. The largest absolute Gasteiger partial charge is 0.507 e. The molecule has 1 aromatic rings. The van der Waals surface area contributed by atoms with Crippen LogP contribution >= 0.6 is 45.2 Å². The van der Waals surface area contributed by atoms with Gasteiger partial charge < -0.3 is 5.11 Å². The molecule has 3 rings (SSSR count). The van der Waals surface area contributed by atoms with Crippen molar-refractivity contribution in [2.75, 3.05) is 19.6 Å². The van der Waals surface area contributed by atoms with Crippen LogP contribution in [0, 0.1) is 7.14 Å². The van der Waals surface area contributed by atoms with Crippen molar-refractivity contribution in [1.29, 1.82) is 0 Å². The van der Waals surface area contributed by atoms with Gasteiger partial charge in [0.05, 0.1) is 3.57 Å². The van der Waals surface area contributed by atoms with Gasteiger partial charge in [-0.2, -0.15) is 0 Å². The molecular formula is C15H20I2N2O. The standard InChI is InChI=1S/C15H20I2N2O/c1-10-14-3-2-4-18(14)5-6-19(10)9-11-7-12(16)8-13(17)15(11)20/h7-8,10,14,20H,2-6,9H2,1H3/t10-,14-/m0/s1. The number of phenolic OH excluding ortho intramolecular Hbond substituents is 1. The van der Waals surface area contributed by atoms with E-state index in [4.69, 9.17) is 0 Å². The van der Waals surface area contributed by atoms with E-state index in [0.29, 0.717) is 17.8 Å². The molecule has 0 radical (unpaired) electrons. The number of aromatic hydroxyl groups is 1. The van der Waals surface area contributed by atoms with E-state index in [1.54, 1.807) is 0 Å². The van der Waals surface area contributed by atoms with Crippen LogP contribution in [0.2, 0.25) is 0 Å². The van der Waals surface area contributed by atoms with Gasteiger partial charge in [0.2, 0.25) is 0 Å². The first-order valence-corrected chi connectivity index (χ1v) is 9.37. The summed E-state index contributed by atoms with van der Waals surface area (Å²) in [4.78, 5) is 5.17. The van der Waals surface area contributed by atoms with Crippen LogP contribution in [-0.4, -0.2) is 46.6 Å². The Morgan fingerprint density at radius 2 is 2.05 bits per heavy atom. The molecular weight excluding hydrogens is 478 g/mol. The average molecular weight is 498 g/mol. The predicted molar refractivity (Wildman–Crippen MR) is 98.0 cm³/mol.